The van der Waals surface area contributed by atoms with E-state index in [1.54, 1.807) is 0 Å². The zero-order chi connectivity index (χ0) is 15.4. The van der Waals surface area contributed by atoms with Gasteiger partial charge in [0.15, 0.2) is 6.61 Å². The quantitative estimate of drug-likeness (QED) is 0.852. The van der Waals surface area contributed by atoms with E-state index in [0.717, 1.165) is 12.1 Å². The number of hydrogen-bond donors (Lipinski definition) is 2. The number of anilines is 2. The summed E-state index contributed by atoms with van der Waals surface area (Å²) in [5.41, 5.74) is 5.78. The van der Waals surface area contributed by atoms with Crippen LogP contribution in [0.4, 0.5) is 20.2 Å². The second-order valence-corrected chi connectivity index (χ2v) is 4.56. The third-order valence-corrected chi connectivity index (χ3v) is 2.82. The Hall–Kier alpha value is -2.34. The first-order valence-electron chi connectivity index (χ1n) is 5.88. The molecule has 2 aromatic carbocycles. The Morgan fingerprint density at radius 2 is 1.90 bits per heavy atom. The van der Waals surface area contributed by atoms with E-state index in [1.807, 2.05) is 0 Å². The summed E-state index contributed by atoms with van der Waals surface area (Å²) in [5, 5.41) is 2.21. The van der Waals surface area contributed by atoms with Crippen molar-refractivity contribution < 1.29 is 18.3 Å². The van der Waals surface area contributed by atoms with Crippen LogP contribution in [0.15, 0.2) is 36.4 Å². The molecule has 0 atom stereocenters. The van der Waals surface area contributed by atoms with Crippen LogP contribution >= 0.6 is 11.6 Å². The molecule has 21 heavy (non-hydrogen) atoms. The third-order valence-electron chi connectivity index (χ3n) is 2.53. The van der Waals surface area contributed by atoms with Crippen molar-refractivity contribution in [1.82, 2.24) is 0 Å². The monoisotopic (exact) mass is 312 g/mol. The second kappa shape index (κ2) is 6.41. The highest BCUT2D eigenvalue weighted by molar-refractivity contribution is 6.30. The molecule has 0 aromatic heterocycles. The lowest BCUT2D eigenvalue weighted by atomic mass is 10.2. The Bertz CT molecular complexity index is 680. The van der Waals surface area contributed by atoms with Gasteiger partial charge in [0.2, 0.25) is 0 Å². The second-order valence-electron chi connectivity index (χ2n) is 4.15. The molecular formula is C14H11ClF2N2O2. The Labute approximate surface area is 124 Å². The van der Waals surface area contributed by atoms with Crippen LogP contribution in [-0.4, -0.2) is 12.5 Å². The van der Waals surface area contributed by atoms with E-state index in [9.17, 15) is 13.6 Å². The number of benzene rings is 2. The summed E-state index contributed by atoms with van der Waals surface area (Å²) in [6.07, 6.45) is 0. The zero-order valence-electron chi connectivity index (χ0n) is 10.7. The van der Waals surface area contributed by atoms with Crippen molar-refractivity contribution in [2.45, 2.75) is 0 Å². The summed E-state index contributed by atoms with van der Waals surface area (Å²) in [4.78, 5) is 11.7. The number of rotatable bonds is 4. The normalized spacial score (nSPS) is 10.2. The summed E-state index contributed by atoms with van der Waals surface area (Å²) >= 11 is 5.58. The van der Waals surface area contributed by atoms with Crippen molar-refractivity contribution in [2.75, 3.05) is 17.7 Å². The van der Waals surface area contributed by atoms with Gasteiger partial charge in [-0.3, -0.25) is 4.79 Å². The maximum atomic E-state index is 13.4. The number of nitrogen functional groups attached to an aromatic ring is 1. The summed E-state index contributed by atoms with van der Waals surface area (Å²) < 4.78 is 31.5. The molecule has 0 fully saturated rings. The molecule has 7 heteroatoms. The van der Waals surface area contributed by atoms with E-state index >= 15 is 0 Å². The van der Waals surface area contributed by atoms with Gasteiger partial charge >= 0.3 is 0 Å². The van der Waals surface area contributed by atoms with Crippen molar-refractivity contribution in [1.29, 1.82) is 0 Å². The fourth-order valence-corrected chi connectivity index (χ4v) is 1.71. The summed E-state index contributed by atoms with van der Waals surface area (Å²) in [7, 11) is 0. The van der Waals surface area contributed by atoms with Gasteiger partial charge in [0, 0.05) is 11.8 Å². The average molecular weight is 313 g/mol. The van der Waals surface area contributed by atoms with Gasteiger partial charge in [-0.15, -0.1) is 0 Å². The van der Waals surface area contributed by atoms with Gasteiger partial charge in [-0.25, -0.2) is 8.78 Å². The highest BCUT2D eigenvalue weighted by atomic mass is 35.5. The lowest BCUT2D eigenvalue weighted by Gasteiger charge is -2.09. The summed E-state index contributed by atoms with van der Waals surface area (Å²) in [6.45, 7) is -0.379. The van der Waals surface area contributed by atoms with E-state index in [4.69, 9.17) is 22.1 Å². The summed E-state index contributed by atoms with van der Waals surface area (Å²) in [5.74, 6) is -1.55. The predicted octanol–water partition coefficient (Wildman–Crippen LogP) is 3.22. The zero-order valence-corrected chi connectivity index (χ0v) is 11.5. The van der Waals surface area contributed by atoms with Gasteiger partial charge in [0.1, 0.15) is 17.4 Å². The van der Waals surface area contributed by atoms with Gasteiger partial charge in [-0.1, -0.05) is 11.6 Å². The molecule has 0 saturated heterocycles. The Morgan fingerprint density at radius 3 is 2.62 bits per heavy atom. The Morgan fingerprint density at radius 1 is 1.19 bits per heavy atom. The number of carbonyl (C=O) groups excluding carboxylic acids is 1. The number of hydrogen-bond acceptors (Lipinski definition) is 3. The maximum Gasteiger partial charge on any atom is 0.262 e. The minimum Gasteiger partial charge on any atom is -0.484 e. The van der Waals surface area contributed by atoms with Crippen molar-refractivity contribution in [2.24, 2.45) is 0 Å². The average Bonchev–Trinajstić information content (AvgIpc) is 2.44. The van der Waals surface area contributed by atoms with Crippen molar-refractivity contribution >= 4 is 28.9 Å². The van der Waals surface area contributed by atoms with E-state index in [0.29, 0.717) is 5.69 Å². The molecule has 3 N–H and O–H groups in total. The minimum atomic E-state index is -0.609. The van der Waals surface area contributed by atoms with E-state index in [-0.39, 0.29) is 23.1 Å². The van der Waals surface area contributed by atoms with Gasteiger partial charge in [-0.05, 0) is 30.3 Å². The number of ether oxygens (including phenoxy) is 1. The van der Waals surface area contributed by atoms with Gasteiger partial charge < -0.3 is 15.8 Å². The molecular weight excluding hydrogens is 302 g/mol. The molecule has 0 unspecified atom stereocenters. The van der Waals surface area contributed by atoms with Crippen LogP contribution in [0, 0.1) is 11.6 Å². The SMILES string of the molecule is Nc1ccc(F)c(NC(=O)COc2ccc(F)c(Cl)c2)c1. The van der Waals surface area contributed by atoms with Crippen LogP contribution in [0.1, 0.15) is 0 Å². The van der Waals surface area contributed by atoms with Gasteiger partial charge in [0.05, 0.1) is 10.7 Å². The van der Waals surface area contributed by atoms with Crippen LogP contribution in [0.3, 0.4) is 0 Å². The van der Waals surface area contributed by atoms with Crippen LogP contribution in [0.25, 0.3) is 0 Å². The standard InChI is InChI=1S/C14H11ClF2N2O2/c15-10-6-9(2-4-11(10)16)21-7-14(20)19-13-5-8(18)1-3-12(13)17/h1-6H,7,18H2,(H,19,20). The van der Waals surface area contributed by atoms with Crippen LogP contribution in [-0.2, 0) is 4.79 Å². The van der Waals surface area contributed by atoms with E-state index in [2.05, 4.69) is 5.32 Å². The molecule has 0 radical (unpaired) electrons. The predicted molar refractivity (Wildman–Crippen MR) is 76.3 cm³/mol. The fourth-order valence-electron chi connectivity index (χ4n) is 1.54. The highest BCUT2D eigenvalue weighted by Crippen LogP contribution is 2.21. The van der Waals surface area contributed by atoms with E-state index in [1.165, 1.54) is 24.3 Å². The number of nitrogens with two attached hydrogens (primary N) is 1. The Balaban J connectivity index is 1.95. The van der Waals surface area contributed by atoms with Crippen molar-refractivity contribution in [3.63, 3.8) is 0 Å². The van der Waals surface area contributed by atoms with Crippen molar-refractivity contribution in [3.8, 4) is 5.75 Å². The first-order chi connectivity index (χ1) is 9.95. The molecule has 0 heterocycles. The minimum absolute atomic E-state index is 0.0410. The molecule has 0 saturated carbocycles. The molecule has 0 aliphatic carbocycles. The molecule has 1 amide bonds. The van der Waals surface area contributed by atoms with E-state index < -0.39 is 17.5 Å². The first kappa shape index (κ1) is 15.1. The topological polar surface area (TPSA) is 64.3 Å². The van der Waals surface area contributed by atoms with Crippen LogP contribution in [0.2, 0.25) is 5.02 Å². The number of carbonyl (C=O) groups is 1. The molecule has 110 valence electrons. The molecule has 0 bridgehead atoms. The number of amides is 1. The molecule has 2 aromatic rings. The highest BCUT2D eigenvalue weighted by Gasteiger charge is 2.09. The first-order valence-corrected chi connectivity index (χ1v) is 6.26. The third kappa shape index (κ3) is 4.06. The molecule has 0 spiro atoms. The smallest absolute Gasteiger partial charge is 0.262 e. The van der Waals surface area contributed by atoms with Gasteiger partial charge in [0.25, 0.3) is 5.91 Å². The molecule has 0 aliphatic rings. The molecule has 0 aliphatic heterocycles. The number of nitrogens with one attached hydrogen (secondary N) is 1. The lowest BCUT2D eigenvalue weighted by Crippen LogP contribution is -2.20. The largest absolute Gasteiger partial charge is 0.484 e. The lowest BCUT2D eigenvalue weighted by molar-refractivity contribution is -0.118. The molecule has 2 rings (SSSR count). The summed E-state index contributed by atoms with van der Waals surface area (Å²) in [6, 6.07) is 7.50. The van der Waals surface area contributed by atoms with Gasteiger partial charge in [-0.2, -0.15) is 0 Å². The molecule has 4 nitrogen and oxygen atoms in total. The number of halogens is 3. The van der Waals surface area contributed by atoms with Crippen molar-refractivity contribution in [3.05, 3.63) is 53.1 Å². The van der Waals surface area contributed by atoms with Crippen LogP contribution < -0.4 is 15.8 Å². The Kier molecular flexibility index (Phi) is 4.59. The van der Waals surface area contributed by atoms with Crippen LogP contribution in [0.5, 0.6) is 5.75 Å². The fraction of sp³-hybridized carbons (Fsp3) is 0.0714. The maximum absolute atomic E-state index is 13.4.